The Balaban J connectivity index is 5.15. The second-order valence-electron chi connectivity index (χ2n) is 6.99. The first-order valence-corrected chi connectivity index (χ1v) is 9.09. The average molecular weight is 432 g/mol. The largest absolute Gasteiger partial charge is 0.481 e. The van der Waals surface area contributed by atoms with Crippen molar-refractivity contribution in [3.05, 3.63) is 0 Å². The number of hydrogen-bond donors (Lipinski definition) is 7. The van der Waals surface area contributed by atoms with E-state index in [0.717, 1.165) is 0 Å². The molecule has 0 spiro atoms. The number of aliphatic carboxylic acids is 3. The highest BCUT2D eigenvalue weighted by Gasteiger charge is 2.29. The zero-order valence-corrected chi connectivity index (χ0v) is 16.9. The van der Waals surface area contributed by atoms with Crippen LogP contribution in [0.1, 0.15) is 40.0 Å². The van der Waals surface area contributed by atoms with E-state index in [0.29, 0.717) is 0 Å². The minimum absolute atomic E-state index is 0.250. The van der Waals surface area contributed by atoms with Gasteiger partial charge in [-0.05, 0) is 19.3 Å². The zero-order valence-electron chi connectivity index (χ0n) is 16.9. The summed E-state index contributed by atoms with van der Waals surface area (Å²) in [5.74, 6) is -7.01. The number of carboxylic acid groups (broad SMARTS) is 3. The standard InChI is InChI=1S/C17H28N4O9/c1-7(2)13(18)16(28)20-9(4-5-11(22)23)15(27)19-8(3)14(26)21-10(17(29)30)6-12(24)25/h7-10,13H,4-6,18H2,1-3H3,(H,19,27)(H,20,28)(H,21,26)(H,22,23)(H,24,25)(H,29,30). The van der Waals surface area contributed by atoms with E-state index in [9.17, 15) is 28.8 Å². The quantitative estimate of drug-likeness (QED) is 0.167. The van der Waals surface area contributed by atoms with Gasteiger partial charge in [-0.15, -0.1) is 0 Å². The minimum Gasteiger partial charge on any atom is -0.481 e. The van der Waals surface area contributed by atoms with E-state index >= 15 is 0 Å². The molecule has 0 aromatic carbocycles. The monoisotopic (exact) mass is 432 g/mol. The van der Waals surface area contributed by atoms with Crippen LogP contribution in [0.4, 0.5) is 0 Å². The second kappa shape index (κ2) is 12.4. The molecule has 4 atom stereocenters. The molecule has 4 unspecified atom stereocenters. The summed E-state index contributed by atoms with van der Waals surface area (Å²) in [7, 11) is 0. The Morgan fingerprint density at radius 2 is 1.30 bits per heavy atom. The highest BCUT2D eigenvalue weighted by Crippen LogP contribution is 2.04. The molecule has 13 heteroatoms. The summed E-state index contributed by atoms with van der Waals surface area (Å²) in [6.07, 6.45) is -1.59. The lowest BCUT2D eigenvalue weighted by molar-refractivity contribution is -0.147. The van der Waals surface area contributed by atoms with Gasteiger partial charge in [-0.25, -0.2) is 4.79 Å². The fourth-order valence-corrected chi connectivity index (χ4v) is 2.16. The lowest BCUT2D eigenvalue weighted by Gasteiger charge is -2.24. The van der Waals surface area contributed by atoms with Gasteiger partial charge in [-0.1, -0.05) is 13.8 Å². The molecule has 3 amide bonds. The predicted octanol–water partition coefficient (Wildman–Crippen LogP) is -2.13. The van der Waals surface area contributed by atoms with Crippen LogP contribution in [0.3, 0.4) is 0 Å². The summed E-state index contributed by atoms with van der Waals surface area (Å²) in [5.41, 5.74) is 5.71. The van der Waals surface area contributed by atoms with Gasteiger partial charge in [0, 0.05) is 6.42 Å². The number of carboxylic acids is 3. The van der Waals surface area contributed by atoms with Gasteiger partial charge in [0.1, 0.15) is 18.1 Å². The molecule has 170 valence electrons. The zero-order chi connectivity index (χ0) is 23.6. The molecule has 0 aliphatic carbocycles. The third kappa shape index (κ3) is 9.82. The van der Waals surface area contributed by atoms with Crippen molar-refractivity contribution in [3.8, 4) is 0 Å². The molecule has 30 heavy (non-hydrogen) atoms. The van der Waals surface area contributed by atoms with Gasteiger partial charge in [0.05, 0.1) is 12.5 Å². The fraction of sp³-hybridized carbons (Fsp3) is 0.647. The second-order valence-corrected chi connectivity index (χ2v) is 6.99. The van der Waals surface area contributed by atoms with Crippen molar-refractivity contribution in [2.45, 2.75) is 64.2 Å². The molecule has 0 heterocycles. The molecular weight excluding hydrogens is 404 g/mol. The molecule has 0 saturated heterocycles. The van der Waals surface area contributed by atoms with Crippen LogP contribution in [0, 0.1) is 5.92 Å². The Morgan fingerprint density at radius 1 is 0.767 bits per heavy atom. The van der Waals surface area contributed by atoms with Gasteiger partial charge in [0.2, 0.25) is 17.7 Å². The van der Waals surface area contributed by atoms with E-state index in [4.69, 9.17) is 21.1 Å². The highest BCUT2D eigenvalue weighted by atomic mass is 16.4. The highest BCUT2D eigenvalue weighted by molar-refractivity contribution is 5.94. The number of hydrogen-bond acceptors (Lipinski definition) is 7. The van der Waals surface area contributed by atoms with E-state index in [2.05, 4.69) is 10.6 Å². The van der Waals surface area contributed by atoms with Gasteiger partial charge >= 0.3 is 17.9 Å². The normalized spacial score (nSPS) is 14.7. The van der Waals surface area contributed by atoms with Crippen LogP contribution >= 0.6 is 0 Å². The van der Waals surface area contributed by atoms with Gasteiger partial charge in [-0.3, -0.25) is 24.0 Å². The Kier molecular flexibility index (Phi) is 11.0. The maximum Gasteiger partial charge on any atom is 0.326 e. The van der Waals surface area contributed by atoms with E-state index in [1.807, 2.05) is 5.32 Å². The average Bonchev–Trinajstić information content (AvgIpc) is 2.62. The van der Waals surface area contributed by atoms with E-state index in [-0.39, 0.29) is 12.3 Å². The van der Waals surface area contributed by atoms with Crippen molar-refractivity contribution in [3.63, 3.8) is 0 Å². The molecule has 0 aliphatic heterocycles. The van der Waals surface area contributed by atoms with Crippen molar-refractivity contribution < 1.29 is 44.1 Å². The number of nitrogens with two attached hydrogens (primary N) is 1. The van der Waals surface area contributed by atoms with Gasteiger partial charge < -0.3 is 37.0 Å². The van der Waals surface area contributed by atoms with E-state index in [1.165, 1.54) is 6.92 Å². The Morgan fingerprint density at radius 3 is 1.73 bits per heavy atom. The number of carbonyl (C=O) groups is 6. The topological polar surface area (TPSA) is 225 Å². The van der Waals surface area contributed by atoms with Crippen molar-refractivity contribution in [2.75, 3.05) is 0 Å². The van der Waals surface area contributed by atoms with E-state index in [1.54, 1.807) is 13.8 Å². The molecule has 0 rings (SSSR count). The van der Waals surface area contributed by atoms with Crippen LogP contribution in [-0.4, -0.2) is 75.1 Å². The van der Waals surface area contributed by atoms with Crippen LogP contribution in [0.5, 0.6) is 0 Å². The Hall–Kier alpha value is -3.22. The van der Waals surface area contributed by atoms with Gasteiger partial charge in [-0.2, -0.15) is 0 Å². The molecule has 0 saturated carbocycles. The summed E-state index contributed by atoms with van der Waals surface area (Å²) < 4.78 is 0. The lowest BCUT2D eigenvalue weighted by atomic mass is 10.0. The summed E-state index contributed by atoms with van der Waals surface area (Å²) >= 11 is 0. The SMILES string of the molecule is CC(NC(=O)C(CCC(=O)O)NC(=O)C(N)C(C)C)C(=O)NC(CC(=O)O)C(=O)O. The van der Waals surface area contributed by atoms with Crippen molar-refractivity contribution in [2.24, 2.45) is 11.7 Å². The van der Waals surface area contributed by atoms with E-state index < -0.39 is 72.6 Å². The van der Waals surface area contributed by atoms with Crippen LogP contribution < -0.4 is 21.7 Å². The van der Waals surface area contributed by atoms with Crippen molar-refractivity contribution >= 4 is 35.6 Å². The molecule has 0 aliphatic rings. The predicted molar refractivity (Wildman–Crippen MR) is 101 cm³/mol. The summed E-state index contributed by atoms with van der Waals surface area (Å²) in [5, 5.41) is 33.0. The third-order valence-electron chi connectivity index (χ3n) is 4.05. The number of amides is 3. The smallest absolute Gasteiger partial charge is 0.326 e. The molecule has 0 aromatic heterocycles. The Labute approximate surface area is 172 Å². The Bertz CT molecular complexity index is 680. The summed E-state index contributed by atoms with van der Waals surface area (Å²) in [6.45, 7) is 4.57. The number of carbonyl (C=O) groups excluding carboxylic acids is 3. The van der Waals surface area contributed by atoms with Crippen molar-refractivity contribution in [1.82, 2.24) is 16.0 Å². The van der Waals surface area contributed by atoms with Crippen LogP contribution in [0.25, 0.3) is 0 Å². The maximum absolute atomic E-state index is 12.4. The molecular formula is C17H28N4O9. The minimum atomic E-state index is -1.71. The molecule has 0 radical (unpaired) electrons. The van der Waals surface area contributed by atoms with Crippen LogP contribution in [0.2, 0.25) is 0 Å². The first-order chi connectivity index (χ1) is 13.8. The lowest BCUT2D eigenvalue weighted by Crippen LogP contribution is -2.57. The first kappa shape index (κ1) is 26.8. The third-order valence-corrected chi connectivity index (χ3v) is 4.05. The summed E-state index contributed by atoms with van der Waals surface area (Å²) in [6, 6.07) is -5.25. The van der Waals surface area contributed by atoms with Crippen LogP contribution in [0.15, 0.2) is 0 Å². The number of rotatable bonds is 13. The van der Waals surface area contributed by atoms with Gasteiger partial charge in [0.25, 0.3) is 0 Å². The molecule has 0 fully saturated rings. The molecule has 0 bridgehead atoms. The van der Waals surface area contributed by atoms with Crippen LogP contribution in [-0.2, 0) is 28.8 Å². The molecule has 0 aromatic rings. The molecule has 8 N–H and O–H groups in total. The van der Waals surface area contributed by atoms with Gasteiger partial charge in [0.15, 0.2) is 0 Å². The number of nitrogens with one attached hydrogen (secondary N) is 3. The molecule has 13 nitrogen and oxygen atoms in total. The fourth-order valence-electron chi connectivity index (χ4n) is 2.16. The maximum atomic E-state index is 12.4. The van der Waals surface area contributed by atoms with Crippen molar-refractivity contribution in [1.29, 1.82) is 0 Å². The summed E-state index contributed by atoms with van der Waals surface area (Å²) in [4.78, 5) is 69.2. The first-order valence-electron chi connectivity index (χ1n) is 9.09.